The van der Waals surface area contributed by atoms with Crippen LogP contribution in [0.3, 0.4) is 0 Å². The molecule has 1 aromatic heterocycles. The van der Waals surface area contributed by atoms with Crippen LogP contribution in [0.25, 0.3) is 5.69 Å². The standard InChI is InChI=1S/C16H20N4O2/c1-2-15-12-19(8-9-22-15)16(21)10-13-11-17-20(18-13)14-6-4-3-5-7-14/h3-7,11,15H,2,8-10,12H2,1H3/t15-/m1/s1. The Morgan fingerprint density at radius 2 is 2.18 bits per heavy atom. The van der Waals surface area contributed by atoms with Gasteiger partial charge in [0, 0.05) is 13.1 Å². The van der Waals surface area contributed by atoms with Gasteiger partial charge in [-0.05, 0) is 18.6 Å². The van der Waals surface area contributed by atoms with Crippen molar-refractivity contribution in [1.29, 1.82) is 0 Å². The molecule has 1 aromatic carbocycles. The average Bonchev–Trinajstić information content (AvgIpc) is 3.04. The summed E-state index contributed by atoms with van der Waals surface area (Å²) in [6.45, 7) is 4.01. The number of aromatic nitrogens is 3. The third kappa shape index (κ3) is 3.33. The molecule has 0 bridgehead atoms. The van der Waals surface area contributed by atoms with Gasteiger partial charge in [-0.3, -0.25) is 4.79 Å². The van der Waals surface area contributed by atoms with E-state index in [-0.39, 0.29) is 18.4 Å². The molecule has 3 rings (SSSR count). The predicted molar refractivity (Wildman–Crippen MR) is 81.7 cm³/mol. The van der Waals surface area contributed by atoms with Crippen molar-refractivity contribution >= 4 is 5.91 Å². The molecule has 2 heterocycles. The molecule has 22 heavy (non-hydrogen) atoms. The molecule has 116 valence electrons. The minimum Gasteiger partial charge on any atom is -0.375 e. The maximum Gasteiger partial charge on any atom is 0.228 e. The van der Waals surface area contributed by atoms with E-state index in [1.54, 1.807) is 11.0 Å². The van der Waals surface area contributed by atoms with Crippen LogP contribution in [0.1, 0.15) is 19.0 Å². The summed E-state index contributed by atoms with van der Waals surface area (Å²) in [6, 6.07) is 9.67. The van der Waals surface area contributed by atoms with Crippen LogP contribution in [-0.2, 0) is 16.0 Å². The van der Waals surface area contributed by atoms with Crippen LogP contribution in [0.15, 0.2) is 36.5 Å². The van der Waals surface area contributed by atoms with Crippen molar-refractivity contribution in [3.63, 3.8) is 0 Å². The zero-order chi connectivity index (χ0) is 15.4. The highest BCUT2D eigenvalue weighted by Gasteiger charge is 2.23. The number of amides is 1. The molecule has 0 unspecified atom stereocenters. The van der Waals surface area contributed by atoms with Crippen LogP contribution in [0.5, 0.6) is 0 Å². The Morgan fingerprint density at radius 1 is 1.36 bits per heavy atom. The third-order valence-corrected chi connectivity index (χ3v) is 3.81. The molecular weight excluding hydrogens is 280 g/mol. The van der Waals surface area contributed by atoms with Crippen LogP contribution in [0.4, 0.5) is 0 Å². The van der Waals surface area contributed by atoms with Crippen LogP contribution in [-0.4, -0.2) is 51.6 Å². The van der Waals surface area contributed by atoms with Gasteiger partial charge in [-0.15, -0.1) is 0 Å². The average molecular weight is 300 g/mol. The number of hydrogen-bond acceptors (Lipinski definition) is 4. The van der Waals surface area contributed by atoms with E-state index >= 15 is 0 Å². The highest BCUT2D eigenvalue weighted by atomic mass is 16.5. The minimum atomic E-state index is 0.0851. The quantitative estimate of drug-likeness (QED) is 0.857. The normalized spacial score (nSPS) is 18.4. The molecule has 1 saturated heterocycles. The topological polar surface area (TPSA) is 60.2 Å². The van der Waals surface area contributed by atoms with Crippen molar-refractivity contribution in [3.05, 3.63) is 42.2 Å². The Balaban J connectivity index is 1.64. The number of carbonyl (C=O) groups excluding carboxylic acids is 1. The Bertz CT molecular complexity index is 626. The van der Waals surface area contributed by atoms with Crippen molar-refractivity contribution in [2.45, 2.75) is 25.9 Å². The van der Waals surface area contributed by atoms with Crippen LogP contribution < -0.4 is 0 Å². The van der Waals surface area contributed by atoms with Gasteiger partial charge < -0.3 is 9.64 Å². The molecule has 6 nitrogen and oxygen atoms in total. The van der Waals surface area contributed by atoms with Crippen LogP contribution in [0.2, 0.25) is 0 Å². The van der Waals surface area contributed by atoms with Gasteiger partial charge in [-0.2, -0.15) is 15.0 Å². The van der Waals surface area contributed by atoms with Gasteiger partial charge in [0.15, 0.2) is 0 Å². The lowest BCUT2D eigenvalue weighted by Crippen LogP contribution is -2.46. The molecule has 6 heteroatoms. The molecule has 0 spiro atoms. The maximum absolute atomic E-state index is 12.4. The second-order valence-corrected chi connectivity index (χ2v) is 5.38. The molecule has 0 radical (unpaired) electrons. The number of para-hydroxylation sites is 1. The number of benzene rings is 1. The molecule has 0 saturated carbocycles. The molecule has 0 N–H and O–H groups in total. The zero-order valence-corrected chi connectivity index (χ0v) is 12.7. The number of nitrogens with zero attached hydrogens (tertiary/aromatic N) is 4. The maximum atomic E-state index is 12.4. The fourth-order valence-electron chi connectivity index (χ4n) is 2.52. The van der Waals surface area contributed by atoms with Crippen molar-refractivity contribution < 1.29 is 9.53 Å². The monoisotopic (exact) mass is 300 g/mol. The molecule has 0 aliphatic carbocycles. The summed E-state index contributed by atoms with van der Waals surface area (Å²) in [5, 5.41) is 8.61. The Hall–Kier alpha value is -2.21. The Kier molecular flexibility index (Phi) is 4.48. The van der Waals surface area contributed by atoms with E-state index in [2.05, 4.69) is 17.1 Å². The summed E-state index contributed by atoms with van der Waals surface area (Å²) < 4.78 is 5.59. The van der Waals surface area contributed by atoms with Gasteiger partial charge in [-0.25, -0.2) is 0 Å². The second kappa shape index (κ2) is 6.70. The van der Waals surface area contributed by atoms with E-state index in [0.29, 0.717) is 25.4 Å². The molecule has 1 amide bonds. The van der Waals surface area contributed by atoms with Gasteiger partial charge in [0.1, 0.15) is 0 Å². The first kappa shape index (κ1) is 14.7. The summed E-state index contributed by atoms with van der Waals surface area (Å²) in [4.78, 5) is 15.8. The van der Waals surface area contributed by atoms with Gasteiger partial charge >= 0.3 is 0 Å². The first-order chi connectivity index (χ1) is 10.8. The zero-order valence-electron chi connectivity index (χ0n) is 12.7. The summed E-state index contributed by atoms with van der Waals surface area (Å²) in [6.07, 6.45) is 3.01. The second-order valence-electron chi connectivity index (χ2n) is 5.38. The molecule has 2 aromatic rings. The van der Waals surface area contributed by atoms with Gasteiger partial charge in [0.2, 0.25) is 5.91 Å². The summed E-state index contributed by atoms with van der Waals surface area (Å²) in [5.41, 5.74) is 1.58. The Morgan fingerprint density at radius 3 is 2.95 bits per heavy atom. The lowest BCUT2D eigenvalue weighted by molar-refractivity contribution is -0.138. The molecule has 1 fully saturated rings. The fourth-order valence-corrected chi connectivity index (χ4v) is 2.52. The third-order valence-electron chi connectivity index (χ3n) is 3.81. The summed E-state index contributed by atoms with van der Waals surface area (Å²) in [5.74, 6) is 0.0851. The lowest BCUT2D eigenvalue weighted by Gasteiger charge is -2.32. The van der Waals surface area contributed by atoms with Gasteiger partial charge in [0.05, 0.1) is 36.7 Å². The van der Waals surface area contributed by atoms with E-state index in [9.17, 15) is 4.79 Å². The van der Waals surface area contributed by atoms with Gasteiger partial charge in [-0.1, -0.05) is 25.1 Å². The van der Waals surface area contributed by atoms with Crippen molar-refractivity contribution in [2.75, 3.05) is 19.7 Å². The van der Waals surface area contributed by atoms with Crippen molar-refractivity contribution in [1.82, 2.24) is 19.9 Å². The molecule has 1 aliphatic rings. The fraction of sp³-hybridized carbons (Fsp3) is 0.438. The Labute approximate surface area is 129 Å². The number of hydrogen-bond donors (Lipinski definition) is 0. The van der Waals surface area contributed by atoms with Gasteiger partial charge in [0.25, 0.3) is 0 Å². The summed E-state index contributed by atoms with van der Waals surface area (Å²) in [7, 11) is 0. The number of morpholine rings is 1. The van der Waals surface area contributed by atoms with E-state index in [4.69, 9.17) is 4.74 Å². The molecule has 1 atom stereocenters. The smallest absolute Gasteiger partial charge is 0.228 e. The van der Waals surface area contributed by atoms with E-state index in [1.165, 1.54) is 0 Å². The number of rotatable bonds is 4. The lowest BCUT2D eigenvalue weighted by atomic mass is 10.2. The molecular formula is C16H20N4O2. The van der Waals surface area contributed by atoms with E-state index in [1.807, 2.05) is 35.2 Å². The van der Waals surface area contributed by atoms with Crippen molar-refractivity contribution in [3.8, 4) is 5.69 Å². The number of carbonyl (C=O) groups is 1. The van der Waals surface area contributed by atoms with E-state index < -0.39 is 0 Å². The highest BCUT2D eigenvalue weighted by molar-refractivity contribution is 5.78. The minimum absolute atomic E-state index is 0.0851. The highest BCUT2D eigenvalue weighted by Crippen LogP contribution is 2.10. The largest absolute Gasteiger partial charge is 0.375 e. The summed E-state index contributed by atoms with van der Waals surface area (Å²) >= 11 is 0. The van der Waals surface area contributed by atoms with Crippen LogP contribution in [0, 0.1) is 0 Å². The molecule has 1 aliphatic heterocycles. The SMILES string of the molecule is CC[C@@H]1CN(C(=O)Cc2cnn(-c3ccccc3)n2)CCO1. The van der Waals surface area contributed by atoms with E-state index in [0.717, 1.165) is 12.1 Å². The van der Waals surface area contributed by atoms with Crippen LogP contribution >= 0.6 is 0 Å². The number of ether oxygens (including phenoxy) is 1. The first-order valence-electron chi connectivity index (χ1n) is 7.62. The predicted octanol–water partition coefficient (Wildman–Crippen LogP) is 1.45. The van der Waals surface area contributed by atoms with Crippen molar-refractivity contribution in [2.24, 2.45) is 0 Å². The first-order valence-corrected chi connectivity index (χ1v) is 7.62.